The van der Waals surface area contributed by atoms with Gasteiger partial charge < -0.3 is 10.6 Å². The summed E-state index contributed by atoms with van der Waals surface area (Å²) < 4.78 is 0. The maximum atomic E-state index is 12.8. The number of aryl methyl sites for hydroxylation is 2. The number of carbonyl (C=O) groups is 1. The lowest BCUT2D eigenvalue weighted by Gasteiger charge is -2.11. The number of fused-ring (bicyclic) bond motifs is 1. The molecular formula is C23H20N4O. The molecule has 1 amide bonds. The van der Waals surface area contributed by atoms with Gasteiger partial charge in [0.2, 0.25) is 5.82 Å². The maximum Gasteiger partial charge on any atom is 0.293 e. The van der Waals surface area contributed by atoms with Crippen LogP contribution in [0.1, 0.15) is 21.7 Å². The Morgan fingerprint density at radius 1 is 0.786 bits per heavy atom. The minimum Gasteiger partial charge on any atom is -0.340 e. The predicted molar refractivity (Wildman–Crippen MR) is 113 cm³/mol. The van der Waals surface area contributed by atoms with Gasteiger partial charge in [-0.15, -0.1) is 0 Å². The lowest BCUT2D eigenvalue weighted by atomic mass is 10.1. The van der Waals surface area contributed by atoms with Gasteiger partial charge in [-0.25, -0.2) is 9.97 Å². The second-order valence-electron chi connectivity index (χ2n) is 6.66. The molecule has 0 aliphatic carbocycles. The molecule has 5 nitrogen and oxygen atoms in total. The first-order valence-electron chi connectivity index (χ1n) is 9.07. The first-order chi connectivity index (χ1) is 13.6. The molecule has 1 heterocycles. The Bertz CT molecular complexity index is 1160. The molecule has 0 aliphatic heterocycles. The fraction of sp³-hybridized carbons (Fsp3) is 0.0870. The number of anilines is 3. The van der Waals surface area contributed by atoms with Crippen molar-refractivity contribution in [3.8, 4) is 0 Å². The number of benzene rings is 3. The Balaban J connectivity index is 1.70. The van der Waals surface area contributed by atoms with E-state index in [0.29, 0.717) is 11.3 Å². The Hall–Kier alpha value is -3.73. The zero-order valence-electron chi connectivity index (χ0n) is 15.7. The van der Waals surface area contributed by atoms with Gasteiger partial charge in [0, 0.05) is 16.8 Å². The third-order valence-corrected chi connectivity index (χ3v) is 4.61. The molecule has 5 heteroatoms. The molecule has 0 aliphatic rings. The van der Waals surface area contributed by atoms with E-state index in [4.69, 9.17) is 0 Å². The van der Waals surface area contributed by atoms with Gasteiger partial charge in [0.1, 0.15) is 5.82 Å². The summed E-state index contributed by atoms with van der Waals surface area (Å²) in [5.74, 6) is 0.377. The second-order valence-corrected chi connectivity index (χ2v) is 6.66. The summed E-state index contributed by atoms with van der Waals surface area (Å²) in [4.78, 5) is 21.7. The number of nitrogens with one attached hydrogen (secondary N) is 2. The molecule has 1 aromatic heterocycles. The smallest absolute Gasteiger partial charge is 0.293 e. The Morgan fingerprint density at radius 3 is 2.32 bits per heavy atom. The molecule has 0 fully saturated rings. The zero-order valence-corrected chi connectivity index (χ0v) is 15.7. The number of hydrogen-bond donors (Lipinski definition) is 2. The first-order valence-corrected chi connectivity index (χ1v) is 9.07. The van der Waals surface area contributed by atoms with Crippen LogP contribution in [0.2, 0.25) is 0 Å². The number of amides is 1. The number of aromatic nitrogens is 2. The first kappa shape index (κ1) is 17.7. The van der Waals surface area contributed by atoms with E-state index in [-0.39, 0.29) is 11.7 Å². The van der Waals surface area contributed by atoms with Crippen LogP contribution in [0.4, 0.5) is 17.2 Å². The lowest BCUT2D eigenvalue weighted by Crippen LogP contribution is -2.16. The van der Waals surface area contributed by atoms with Crippen LogP contribution in [-0.2, 0) is 0 Å². The van der Waals surface area contributed by atoms with Crippen LogP contribution in [0.25, 0.3) is 10.9 Å². The highest BCUT2D eigenvalue weighted by molar-refractivity contribution is 6.04. The van der Waals surface area contributed by atoms with E-state index in [9.17, 15) is 4.79 Å². The van der Waals surface area contributed by atoms with Crippen LogP contribution in [-0.4, -0.2) is 15.9 Å². The highest BCUT2D eigenvalue weighted by atomic mass is 16.2. The highest BCUT2D eigenvalue weighted by Gasteiger charge is 2.15. The van der Waals surface area contributed by atoms with Crippen LogP contribution < -0.4 is 10.6 Å². The molecule has 28 heavy (non-hydrogen) atoms. The van der Waals surface area contributed by atoms with Crippen LogP contribution in [0.5, 0.6) is 0 Å². The van der Waals surface area contributed by atoms with Crippen molar-refractivity contribution in [3.05, 3.63) is 89.7 Å². The van der Waals surface area contributed by atoms with Crippen molar-refractivity contribution < 1.29 is 4.79 Å². The summed E-state index contributed by atoms with van der Waals surface area (Å²) in [7, 11) is 0. The van der Waals surface area contributed by atoms with Gasteiger partial charge >= 0.3 is 0 Å². The van der Waals surface area contributed by atoms with Gasteiger partial charge in [0.25, 0.3) is 5.91 Å². The van der Waals surface area contributed by atoms with E-state index < -0.39 is 0 Å². The number of hydrogen-bond acceptors (Lipinski definition) is 4. The molecule has 0 saturated carbocycles. The summed E-state index contributed by atoms with van der Waals surface area (Å²) in [5, 5.41) is 7.04. The van der Waals surface area contributed by atoms with Gasteiger partial charge in [-0.2, -0.15) is 0 Å². The molecule has 0 saturated heterocycles. The minimum absolute atomic E-state index is 0.121. The average molecular weight is 368 g/mol. The molecule has 3 aromatic carbocycles. The molecule has 0 radical (unpaired) electrons. The van der Waals surface area contributed by atoms with Crippen LogP contribution in [0.3, 0.4) is 0 Å². The van der Waals surface area contributed by atoms with Crippen LogP contribution in [0, 0.1) is 13.8 Å². The van der Waals surface area contributed by atoms with Crippen molar-refractivity contribution >= 4 is 34.0 Å². The summed E-state index contributed by atoms with van der Waals surface area (Å²) in [6.45, 7) is 4.05. The van der Waals surface area contributed by atoms with Crippen molar-refractivity contribution in [3.63, 3.8) is 0 Å². The standard InChI is InChI=1S/C23H20N4O/c1-15-12-13-18(14-16(15)2)25-23(28)22-26-20-11-7-6-10-19(20)21(27-22)24-17-8-4-3-5-9-17/h3-14H,1-2H3,(H,25,28)(H,24,26,27). The van der Waals surface area contributed by atoms with E-state index >= 15 is 0 Å². The lowest BCUT2D eigenvalue weighted by molar-refractivity contribution is 0.101. The van der Waals surface area contributed by atoms with Crippen molar-refractivity contribution in [1.29, 1.82) is 0 Å². The fourth-order valence-electron chi connectivity index (χ4n) is 2.94. The topological polar surface area (TPSA) is 66.9 Å². The molecule has 0 bridgehead atoms. The number of rotatable bonds is 4. The number of carbonyl (C=O) groups excluding carboxylic acids is 1. The monoisotopic (exact) mass is 368 g/mol. The molecule has 4 aromatic rings. The van der Waals surface area contributed by atoms with E-state index in [1.807, 2.05) is 86.6 Å². The van der Waals surface area contributed by atoms with Crippen molar-refractivity contribution in [1.82, 2.24) is 9.97 Å². The predicted octanol–water partition coefficient (Wildman–Crippen LogP) is 5.24. The third kappa shape index (κ3) is 3.69. The molecule has 0 spiro atoms. The SMILES string of the molecule is Cc1ccc(NC(=O)c2nc(Nc3ccccc3)c3ccccc3n2)cc1C. The van der Waals surface area contributed by atoms with E-state index in [0.717, 1.165) is 22.3 Å². The van der Waals surface area contributed by atoms with Crippen molar-refractivity contribution in [2.45, 2.75) is 13.8 Å². The number of nitrogens with zero attached hydrogens (tertiary/aromatic N) is 2. The van der Waals surface area contributed by atoms with Crippen LogP contribution >= 0.6 is 0 Å². The van der Waals surface area contributed by atoms with Gasteiger partial charge in [-0.1, -0.05) is 36.4 Å². The highest BCUT2D eigenvalue weighted by Crippen LogP contribution is 2.24. The Kier molecular flexibility index (Phi) is 4.72. The van der Waals surface area contributed by atoms with Gasteiger partial charge in [-0.3, -0.25) is 4.79 Å². The van der Waals surface area contributed by atoms with Gasteiger partial charge in [0.15, 0.2) is 0 Å². The summed E-state index contributed by atoms with van der Waals surface area (Å²) in [5.41, 5.74) is 4.62. The Labute approximate surface area is 163 Å². The molecule has 4 rings (SSSR count). The zero-order chi connectivity index (χ0) is 19.5. The Morgan fingerprint density at radius 2 is 1.54 bits per heavy atom. The number of para-hydroxylation sites is 2. The summed E-state index contributed by atoms with van der Waals surface area (Å²) in [6, 6.07) is 23.2. The molecule has 0 unspecified atom stereocenters. The molecule has 0 atom stereocenters. The van der Waals surface area contributed by atoms with Gasteiger partial charge in [-0.05, 0) is 61.4 Å². The van der Waals surface area contributed by atoms with E-state index in [1.54, 1.807) is 0 Å². The molecule has 2 N–H and O–H groups in total. The quantitative estimate of drug-likeness (QED) is 0.517. The van der Waals surface area contributed by atoms with Crippen molar-refractivity contribution in [2.24, 2.45) is 0 Å². The minimum atomic E-state index is -0.342. The van der Waals surface area contributed by atoms with Crippen LogP contribution in [0.15, 0.2) is 72.8 Å². The van der Waals surface area contributed by atoms with Gasteiger partial charge in [0.05, 0.1) is 5.52 Å². The molecule has 138 valence electrons. The third-order valence-electron chi connectivity index (χ3n) is 4.61. The average Bonchev–Trinajstić information content (AvgIpc) is 2.71. The van der Waals surface area contributed by atoms with E-state index in [1.165, 1.54) is 5.56 Å². The maximum absolute atomic E-state index is 12.8. The summed E-state index contributed by atoms with van der Waals surface area (Å²) >= 11 is 0. The normalized spacial score (nSPS) is 10.6. The summed E-state index contributed by atoms with van der Waals surface area (Å²) in [6.07, 6.45) is 0. The second kappa shape index (κ2) is 7.48. The van der Waals surface area contributed by atoms with Crippen molar-refractivity contribution in [2.75, 3.05) is 10.6 Å². The largest absolute Gasteiger partial charge is 0.340 e. The molecular weight excluding hydrogens is 348 g/mol. The fourth-order valence-corrected chi connectivity index (χ4v) is 2.94. The van der Waals surface area contributed by atoms with E-state index in [2.05, 4.69) is 20.6 Å².